The highest BCUT2D eigenvalue weighted by molar-refractivity contribution is 5.71. The molecular formula is C14H19NO4. The quantitative estimate of drug-likeness (QED) is 0.806. The number of methoxy groups -OCH3 is 1. The van der Waals surface area contributed by atoms with Crippen molar-refractivity contribution in [2.45, 2.75) is 25.8 Å². The van der Waals surface area contributed by atoms with Crippen molar-refractivity contribution in [2.75, 3.05) is 20.3 Å². The van der Waals surface area contributed by atoms with E-state index in [9.17, 15) is 4.79 Å². The Hall–Kier alpha value is -1.75. The van der Waals surface area contributed by atoms with Gasteiger partial charge in [0.2, 0.25) is 0 Å². The zero-order valence-corrected chi connectivity index (χ0v) is 11.3. The van der Waals surface area contributed by atoms with E-state index >= 15 is 0 Å². The monoisotopic (exact) mass is 265 g/mol. The molecule has 0 fully saturated rings. The van der Waals surface area contributed by atoms with Crippen molar-refractivity contribution in [3.63, 3.8) is 0 Å². The molecule has 2 N–H and O–H groups in total. The third-order valence-electron chi connectivity index (χ3n) is 3.13. The summed E-state index contributed by atoms with van der Waals surface area (Å²) in [5, 5.41) is 0. The van der Waals surface area contributed by atoms with Gasteiger partial charge in [-0.05, 0) is 31.4 Å². The van der Waals surface area contributed by atoms with Gasteiger partial charge in [-0.25, -0.2) is 4.79 Å². The topological polar surface area (TPSA) is 70.8 Å². The average molecular weight is 265 g/mol. The number of esters is 1. The van der Waals surface area contributed by atoms with Gasteiger partial charge in [0, 0.05) is 11.6 Å². The van der Waals surface area contributed by atoms with Gasteiger partial charge in [0.05, 0.1) is 13.7 Å². The highest BCUT2D eigenvalue weighted by atomic mass is 16.6. The molecule has 1 aliphatic carbocycles. The van der Waals surface area contributed by atoms with Crippen molar-refractivity contribution >= 4 is 5.97 Å². The van der Waals surface area contributed by atoms with E-state index in [4.69, 9.17) is 19.9 Å². The minimum absolute atomic E-state index is 0.104. The van der Waals surface area contributed by atoms with Gasteiger partial charge in [-0.15, -0.1) is 0 Å². The highest BCUT2D eigenvalue weighted by Crippen LogP contribution is 2.38. The Labute approximate surface area is 112 Å². The largest absolute Gasteiger partial charge is 0.493 e. The maximum absolute atomic E-state index is 11.4. The lowest BCUT2D eigenvalue weighted by Gasteiger charge is -2.14. The number of hydrogen-bond donors (Lipinski definition) is 1. The van der Waals surface area contributed by atoms with E-state index in [1.54, 1.807) is 14.0 Å². The SMILES string of the molecule is CCOC(=O)COc1c(OC)ccc2c1CC(N)C2. The maximum Gasteiger partial charge on any atom is 0.344 e. The summed E-state index contributed by atoms with van der Waals surface area (Å²) >= 11 is 0. The second kappa shape index (κ2) is 5.93. The fourth-order valence-corrected chi connectivity index (χ4v) is 2.33. The summed E-state index contributed by atoms with van der Waals surface area (Å²) in [7, 11) is 1.58. The van der Waals surface area contributed by atoms with Gasteiger partial charge in [0.25, 0.3) is 0 Å². The van der Waals surface area contributed by atoms with Crippen molar-refractivity contribution in [2.24, 2.45) is 5.73 Å². The van der Waals surface area contributed by atoms with Crippen LogP contribution in [0.3, 0.4) is 0 Å². The smallest absolute Gasteiger partial charge is 0.344 e. The Bertz CT molecular complexity index is 473. The molecule has 2 rings (SSSR count). The zero-order valence-electron chi connectivity index (χ0n) is 11.3. The summed E-state index contributed by atoms with van der Waals surface area (Å²) in [5.74, 6) is 0.850. The lowest BCUT2D eigenvalue weighted by molar-refractivity contribution is -0.145. The number of rotatable bonds is 5. The molecule has 0 bridgehead atoms. The van der Waals surface area contributed by atoms with Crippen LogP contribution in [0.2, 0.25) is 0 Å². The molecule has 0 amide bonds. The minimum atomic E-state index is -0.385. The van der Waals surface area contributed by atoms with Gasteiger partial charge >= 0.3 is 5.97 Å². The minimum Gasteiger partial charge on any atom is -0.493 e. The molecule has 19 heavy (non-hydrogen) atoms. The van der Waals surface area contributed by atoms with E-state index < -0.39 is 0 Å². The fourth-order valence-electron chi connectivity index (χ4n) is 2.33. The maximum atomic E-state index is 11.4. The molecule has 0 saturated carbocycles. The first-order valence-electron chi connectivity index (χ1n) is 6.38. The van der Waals surface area contributed by atoms with Crippen molar-refractivity contribution in [1.82, 2.24) is 0 Å². The Balaban J connectivity index is 2.18. The van der Waals surface area contributed by atoms with Crippen molar-refractivity contribution in [3.05, 3.63) is 23.3 Å². The molecule has 1 aliphatic rings. The summed E-state index contributed by atoms with van der Waals surface area (Å²) in [6.45, 7) is 1.99. The molecule has 1 atom stereocenters. The van der Waals surface area contributed by atoms with Crippen LogP contribution in [-0.2, 0) is 22.4 Å². The number of hydrogen-bond acceptors (Lipinski definition) is 5. The van der Waals surface area contributed by atoms with Crippen molar-refractivity contribution in [3.8, 4) is 11.5 Å². The molecule has 0 spiro atoms. The summed E-state index contributed by atoms with van der Waals surface area (Å²) in [4.78, 5) is 11.4. The summed E-state index contributed by atoms with van der Waals surface area (Å²) in [6, 6.07) is 3.95. The average Bonchev–Trinajstić information content (AvgIpc) is 2.76. The fraction of sp³-hybridized carbons (Fsp3) is 0.500. The first-order chi connectivity index (χ1) is 9.15. The summed E-state index contributed by atoms with van der Waals surface area (Å²) in [5.41, 5.74) is 8.16. The molecule has 0 saturated heterocycles. The summed E-state index contributed by atoms with van der Waals surface area (Å²) in [6.07, 6.45) is 1.57. The van der Waals surface area contributed by atoms with Gasteiger partial charge in [0.15, 0.2) is 18.1 Å². The molecule has 1 aromatic carbocycles. The van der Waals surface area contributed by atoms with Crippen LogP contribution < -0.4 is 15.2 Å². The van der Waals surface area contributed by atoms with Gasteiger partial charge < -0.3 is 19.9 Å². The van der Waals surface area contributed by atoms with Gasteiger partial charge in [0.1, 0.15) is 0 Å². The van der Waals surface area contributed by atoms with Gasteiger partial charge in [-0.3, -0.25) is 0 Å². The standard InChI is InChI=1S/C14H19NO4/c1-3-18-13(16)8-19-14-11-7-10(15)6-9(11)4-5-12(14)17-2/h4-5,10H,3,6-8,15H2,1-2H3. The Morgan fingerprint density at radius 2 is 2.21 bits per heavy atom. The Kier molecular flexibility index (Phi) is 4.27. The molecular weight excluding hydrogens is 246 g/mol. The van der Waals surface area contributed by atoms with Gasteiger partial charge in [-0.2, -0.15) is 0 Å². The van der Waals surface area contributed by atoms with E-state index in [1.165, 1.54) is 0 Å². The van der Waals surface area contributed by atoms with Crippen LogP contribution in [-0.4, -0.2) is 32.3 Å². The van der Waals surface area contributed by atoms with Crippen LogP contribution in [0.15, 0.2) is 12.1 Å². The van der Waals surface area contributed by atoms with Crippen LogP contribution in [0.1, 0.15) is 18.1 Å². The predicted molar refractivity (Wildman–Crippen MR) is 70.5 cm³/mol. The Morgan fingerprint density at radius 1 is 1.42 bits per heavy atom. The normalized spacial score (nSPS) is 16.9. The van der Waals surface area contributed by atoms with Crippen LogP contribution >= 0.6 is 0 Å². The number of nitrogens with two attached hydrogens (primary N) is 1. The van der Waals surface area contributed by atoms with Crippen LogP contribution in [0, 0.1) is 0 Å². The third-order valence-corrected chi connectivity index (χ3v) is 3.13. The second-order valence-electron chi connectivity index (χ2n) is 4.50. The molecule has 0 aliphatic heterocycles. The molecule has 1 aromatic rings. The molecule has 0 radical (unpaired) electrons. The zero-order chi connectivity index (χ0) is 13.8. The van der Waals surface area contributed by atoms with Crippen LogP contribution in [0.4, 0.5) is 0 Å². The number of benzene rings is 1. The number of carbonyl (C=O) groups is 1. The first-order valence-corrected chi connectivity index (χ1v) is 6.38. The molecule has 5 nitrogen and oxygen atoms in total. The molecule has 0 heterocycles. The molecule has 0 aromatic heterocycles. The predicted octanol–water partition coefficient (Wildman–Crippen LogP) is 1.06. The van der Waals surface area contributed by atoms with Crippen LogP contribution in [0.25, 0.3) is 0 Å². The number of carbonyl (C=O) groups excluding carboxylic acids is 1. The Morgan fingerprint density at radius 3 is 2.89 bits per heavy atom. The van der Waals surface area contributed by atoms with E-state index in [0.717, 1.165) is 24.0 Å². The summed E-state index contributed by atoms with van der Waals surface area (Å²) < 4.78 is 15.7. The highest BCUT2D eigenvalue weighted by Gasteiger charge is 2.25. The van der Waals surface area contributed by atoms with Crippen LogP contribution in [0.5, 0.6) is 11.5 Å². The number of ether oxygens (including phenoxy) is 3. The van der Waals surface area contributed by atoms with E-state index in [-0.39, 0.29) is 18.6 Å². The van der Waals surface area contributed by atoms with Crippen molar-refractivity contribution < 1.29 is 19.0 Å². The van der Waals surface area contributed by atoms with E-state index in [2.05, 4.69) is 0 Å². The van der Waals surface area contributed by atoms with Crippen molar-refractivity contribution in [1.29, 1.82) is 0 Å². The van der Waals surface area contributed by atoms with E-state index in [1.807, 2.05) is 12.1 Å². The van der Waals surface area contributed by atoms with E-state index in [0.29, 0.717) is 18.1 Å². The third kappa shape index (κ3) is 2.98. The lowest BCUT2D eigenvalue weighted by Crippen LogP contribution is -2.19. The second-order valence-corrected chi connectivity index (χ2v) is 4.50. The van der Waals surface area contributed by atoms with Gasteiger partial charge in [-0.1, -0.05) is 6.07 Å². The molecule has 104 valence electrons. The number of fused-ring (bicyclic) bond motifs is 1. The molecule has 5 heteroatoms. The first kappa shape index (κ1) is 13.7. The molecule has 1 unspecified atom stereocenters. The lowest BCUT2D eigenvalue weighted by atomic mass is 10.1.